The molecule has 1 amide bonds. The molecule has 0 saturated carbocycles. The van der Waals surface area contributed by atoms with Gasteiger partial charge in [-0.2, -0.15) is 14.3 Å². The minimum atomic E-state index is -3.43. The second-order valence-corrected chi connectivity index (χ2v) is 3.04. The van der Waals surface area contributed by atoms with E-state index in [1.54, 1.807) is 0 Å². The van der Waals surface area contributed by atoms with Crippen molar-refractivity contribution in [2.24, 2.45) is 5.73 Å². The number of hydrogen-bond donors (Lipinski definition) is 2. The summed E-state index contributed by atoms with van der Waals surface area (Å²) in [5.41, 5.74) is 6.95. The Balaban J connectivity index is 2.19. The Kier molecular flexibility index (Phi) is 3.53. The molecule has 1 aliphatic heterocycles. The van der Waals surface area contributed by atoms with Gasteiger partial charge in [0.2, 0.25) is 5.91 Å². The van der Waals surface area contributed by atoms with E-state index in [1.807, 2.05) is 0 Å². The number of amides is 1. The molecule has 1 fully saturated rings. The zero-order chi connectivity index (χ0) is 11.5. The SMILES string of the molecule is NC(=O)CONCC1CC(F)(F)C(=O)O1. The molecule has 1 aliphatic rings. The third-order valence-electron chi connectivity index (χ3n) is 1.68. The fraction of sp³-hybridized carbons (Fsp3) is 0.714. The number of nitrogens with one attached hydrogen (secondary N) is 1. The van der Waals surface area contributed by atoms with Crippen LogP contribution in [-0.2, 0) is 19.2 Å². The number of alkyl halides is 2. The van der Waals surface area contributed by atoms with Crippen LogP contribution < -0.4 is 11.2 Å². The summed E-state index contributed by atoms with van der Waals surface area (Å²) >= 11 is 0. The van der Waals surface area contributed by atoms with Gasteiger partial charge < -0.3 is 10.5 Å². The number of primary amides is 1. The van der Waals surface area contributed by atoms with E-state index in [1.165, 1.54) is 0 Å². The molecule has 0 aromatic rings. The summed E-state index contributed by atoms with van der Waals surface area (Å²) in [5, 5.41) is 0. The van der Waals surface area contributed by atoms with Crippen molar-refractivity contribution in [3.05, 3.63) is 0 Å². The molecule has 0 bridgehead atoms. The molecule has 6 nitrogen and oxygen atoms in total. The largest absolute Gasteiger partial charge is 0.456 e. The van der Waals surface area contributed by atoms with E-state index in [4.69, 9.17) is 5.73 Å². The number of hydrogen-bond acceptors (Lipinski definition) is 5. The smallest absolute Gasteiger partial charge is 0.377 e. The maximum absolute atomic E-state index is 12.6. The van der Waals surface area contributed by atoms with Crippen molar-refractivity contribution in [2.75, 3.05) is 13.2 Å². The lowest BCUT2D eigenvalue weighted by Crippen LogP contribution is -2.31. The first-order valence-corrected chi connectivity index (χ1v) is 4.13. The monoisotopic (exact) mass is 224 g/mol. The second-order valence-electron chi connectivity index (χ2n) is 3.04. The fourth-order valence-corrected chi connectivity index (χ4v) is 1.04. The summed E-state index contributed by atoms with van der Waals surface area (Å²) in [4.78, 5) is 25.2. The van der Waals surface area contributed by atoms with Crippen LogP contribution in [0.5, 0.6) is 0 Å². The van der Waals surface area contributed by atoms with Crippen LogP contribution in [0.25, 0.3) is 0 Å². The standard InChI is InChI=1S/C7H10F2N2O4/c8-7(9)1-4(15-6(7)13)2-11-14-3-5(10)12/h4,11H,1-3H2,(H2,10,12). The lowest BCUT2D eigenvalue weighted by atomic mass is 10.2. The van der Waals surface area contributed by atoms with Crippen molar-refractivity contribution < 1.29 is 27.9 Å². The minimum absolute atomic E-state index is 0.116. The van der Waals surface area contributed by atoms with Gasteiger partial charge in [-0.3, -0.25) is 9.63 Å². The number of cyclic esters (lactones) is 1. The summed E-state index contributed by atoms with van der Waals surface area (Å²) in [6.45, 7) is -0.494. The molecule has 8 heteroatoms. The van der Waals surface area contributed by atoms with Crippen LogP contribution in [0.1, 0.15) is 6.42 Å². The Morgan fingerprint density at radius 2 is 2.40 bits per heavy atom. The number of rotatable bonds is 5. The number of hydroxylamine groups is 1. The fourth-order valence-electron chi connectivity index (χ4n) is 1.04. The lowest BCUT2D eigenvalue weighted by Gasteiger charge is -2.08. The number of halogens is 2. The molecule has 1 saturated heterocycles. The van der Waals surface area contributed by atoms with E-state index in [0.717, 1.165) is 0 Å². The van der Waals surface area contributed by atoms with Crippen molar-refractivity contribution in [3.8, 4) is 0 Å². The van der Waals surface area contributed by atoms with E-state index >= 15 is 0 Å². The zero-order valence-electron chi connectivity index (χ0n) is 7.66. The van der Waals surface area contributed by atoms with E-state index in [-0.39, 0.29) is 13.2 Å². The molecule has 1 atom stereocenters. The van der Waals surface area contributed by atoms with Crippen molar-refractivity contribution in [2.45, 2.75) is 18.4 Å². The summed E-state index contributed by atoms with van der Waals surface area (Å²) < 4.78 is 29.6. The quantitative estimate of drug-likeness (QED) is 0.353. The minimum Gasteiger partial charge on any atom is -0.456 e. The Morgan fingerprint density at radius 3 is 2.87 bits per heavy atom. The lowest BCUT2D eigenvalue weighted by molar-refractivity contribution is -0.159. The maximum Gasteiger partial charge on any atom is 0.377 e. The van der Waals surface area contributed by atoms with Crippen LogP contribution >= 0.6 is 0 Å². The summed E-state index contributed by atoms with van der Waals surface area (Å²) in [6, 6.07) is 0. The first-order valence-electron chi connectivity index (χ1n) is 4.13. The van der Waals surface area contributed by atoms with Gasteiger partial charge >= 0.3 is 11.9 Å². The number of esters is 1. The van der Waals surface area contributed by atoms with Crippen LogP contribution in [0.3, 0.4) is 0 Å². The van der Waals surface area contributed by atoms with E-state index in [0.29, 0.717) is 0 Å². The van der Waals surface area contributed by atoms with Crippen LogP contribution in [0, 0.1) is 0 Å². The van der Waals surface area contributed by atoms with Gasteiger partial charge in [-0.25, -0.2) is 4.79 Å². The summed E-state index contributed by atoms with van der Waals surface area (Å²) in [7, 11) is 0. The van der Waals surface area contributed by atoms with Crippen LogP contribution in [0.2, 0.25) is 0 Å². The molecular formula is C7H10F2N2O4. The van der Waals surface area contributed by atoms with E-state index < -0.39 is 30.3 Å². The predicted octanol–water partition coefficient (Wildman–Crippen LogP) is -1.06. The van der Waals surface area contributed by atoms with Gasteiger partial charge in [-0.1, -0.05) is 0 Å². The van der Waals surface area contributed by atoms with Crippen LogP contribution in [0.4, 0.5) is 8.78 Å². The first kappa shape index (κ1) is 11.8. The summed E-state index contributed by atoms with van der Waals surface area (Å²) in [5.74, 6) is -5.67. The van der Waals surface area contributed by atoms with E-state index in [2.05, 4.69) is 15.1 Å². The molecule has 3 N–H and O–H groups in total. The Bertz CT molecular complexity index is 272. The van der Waals surface area contributed by atoms with Crippen molar-refractivity contribution in [1.29, 1.82) is 0 Å². The zero-order valence-corrected chi connectivity index (χ0v) is 7.66. The number of ether oxygens (including phenoxy) is 1. The Labute approximate surface area is 83.6 Å². The van der Waals surface area contributed by atoms with Crippen molar-refractivity contribution >= 4 is 11.9 Å². The Hall–Kier alpha value is -1.28. The third kappa shape index (κ3) is 3.40. The van der Waals surface area contributed by atoms with Gasteiger partial charge in [0.05, 0.1) is 13.0 Å². The molecule has 0 radical (unpaired) electrons. The molecule has 86 valence electrons. The average molecular weight is 224 g/mol. The van der Waals surface area contributed by atoms with Gasteiger partial charge in [-0.05, 0) is 0 Å². The van der Waals surface area contributed by atoms with E-state index in [9.17, 15) is 18.4 Å². The highest BCUT2D eigenvalue weighted by Crippen LogP contribution is 2.30. The highest BCUT2D eigenvalue weighted by molar-refractivity contribution is 5.79. The molecule has 0 spiro atoms. The molecule has 0 aromatic heterocycles. The first-order chi connectivity index (χ1) is 6.92. The van der Waals surface area contributed by atoms with Gasteiger partial charge in [0.1, 0.15) is 12.7 Å². The Morgan fingerprint density at radius 1 is 1.73 bits per heavy atom. The topological polar surface area (TPSA) is 90.7 Å². The third-order valence-corrected chi connectivity index (χ3v) is 1.68. The highest BCUT2D eigenvalue weighted by atomic mass is 19.3. The van der Waals surface area contributed by atoms with Gasteiger partial charge in [0, 0.05) is 0 Å². The molecular weight excluding hydrogens is 214 g/mol. The van der Waals surface area contributed by atoms with Gasteiger partial charge in [0.25, 0.3) is 0 Å². The van der Waals surface area contributed by atoms with Crippen molar-refractivity contribution in [1.82, 2.24) is 5.48 Å². The van der Waals surface area contributed by atoms with Gasteiger partial charge in [0.15, 0.2) is 0 Å². The highest BCUT2D eigenvalue weighted by Gasteiger charge is 2.50. The number of carbonyl (C=O) groups is 2. The molecule has 1 heterocycles. The molecule has 0 aromatic carbocycles. The molecule has 1 rings (SSSR count). The number of nitrogens with two attached hydrogens (primary N) is 1. The average Bonchev–Trinajstić information content (AvgIpc) is 2.35. The molecule has 15 heavy (non-hydrogen) atoms. The normalized spacial score (nSPS) is 23.9. The number of carbonyl (C=O) groups excluding carboxylic acids is 2. The molecule has 1 unspecified atom stereocenters. The molecule has 0 aliphatic carbocycles. The van der Waals surface area contributed by atoms with Crippen molar-refractivity contribution in [3.63, 3.8) is 0 Å². The summed E-state index contributed by atoms with van der Waals surface area (Å²) in [6.07, 6.45) is -1.65. The van der Waals surface area contributed by atoms with Gasteiger partial charge in [-0.15, -0.1) is 0 Å². The van der Waals surface area contributed by atoms with Crippen LogP contribution in [-0.4, -0.2) is 37.1 Å². The predicted molar refractivity (Wildman–Crippen MR) is 42.6 cm³/mol. The van der Waals surface area contributed by atoms with Crippen LogP contribution in [0.15, 0.2) is 0 Å². The maximum atomic E-state index is 12.6. The second kappa shape index (κ2) is 4.49.